The lowest BCUT2D eigenvalue weighted by molar-refractivity contribution is -0.112. The van der Waals surface area contributed by atoms with Gasteiger partial charge >= 0.3 is 0 Å². The van der Waals surface area contributed by atoms with Gasteiger partial charge in [-0.05, 0) is 36.6 Å². The number of aromatic hydroxyl groups is 1. The second kappa shape index (κ2) is 7.84. The molecule has 0 radical (unpaired) electrons. The second-order valence-electron chi connectivity index (χ2n) is 5.28. The van der Waals surface area contributed by atoms with E-state index in [1.807, 2.05) is 38.1 Å². The number of nitriles is 1. The maximum atomic E-state index is 12.4. The van der Waals surface area contributed by atoms with Crippen molar-refractivity contribution in [2.24, 2.45) is 0 Å². The lowest BCUT2D eigenvalue weighted by atomic mass is 10.1. The highest BCUT2D eigenvalue weighted by atomic mass is 16.3. The normalized spacial score (nSPS) is 10.8. The molecule has 3 N–H and O–H groups in total. The molecule has 2 aromatic rings. The lowest BCUT2D eigenvalue weighted by Crippen LogP contribution is -2.16. The molecular weight excluding hydrogens is 302 g/mol. The quantitative estimate of drug-likeness (QED) is 0.579. The predicted molar refractivity (Wildman–Crippen MR) is 94.6 cm³/mol. The van der Waals surface area contributed by atoms with Gasteiger partial charge in [0.2, 0.25) is 0 Å². The Morgan fingerprint density at radius 3 is 2.71 bits per heavy atom. The number of carbonyl (C=O) groups is 1. The Morgan fingerprint density at radius 1 is 1.29 bits per heavy atom. The number of nitrogens with one attached hydrogen (secondary N) is 2. The Bertz CT molecular complexity index is 820. The maximum absolute atomic E-state index is 12.4. The fourth-order valence-corrected chi connectivity index (χ4v) is 2.28. The summed E-state index contributed by atoms with van der Waals surface area (Å²) in [6.07, 6.45) is 2.11. The van der Waals surface area contributed by atoms with Crippen molar-refractivity contribution in [1.82, 2.24) is 0 Å². The minimum atomic E-state index is -0.478. The number of phenols is 1. The van der Waals surface area contributed by atoms with Gasteiger partial charge in [-0.3, -0.25) is 4.79 Å². The number of anilines is 2. The Morgan fingerprint density at radius 2 is 2.04 bits per heavy atom. The highest BCUT2D eigenvalue weighted by molar-refractivity contribution is 6.07. The molecule has 0 saturated carbocycles. The zero-order valence-electron chi connectivity index (χ0n) is 13.6. The predicted octanol–water partition coefficient (Wildman–Crippen LogP) is 3.72. The molecule has 0 aliphatic rings. The molecule has 1 amide bonds. The van der Waals surface area contributed by atoms with Gasteiger partial charge in [-0.25, -0.2) is 0 Å². The SMILES string of the molecule is CCc1cccc(C)c1NC(=O)/C(C#N)=C\Nc1cccc(O)c1. The first-order valence-electron chi connectivity index (χ1n) is 7.60. The van der Waals surface area contributed by atoms with Crippen molar-refractivity contribution in [1.29, 1.82) is 5.26 Å². The summed E-state index contributed by atoms with van der Waals surface area (Å²) in [7, 11) is 0. The van der Waals surface area contributed by atoms with Crippen LogP contribution in [0.3, 0.4) is 0 Å². The molecule has 0 atom stereocenters. The summed E-state index contributed by atoms with van der Waals surface area (Å²) in [6, 6.07) is 14.1. The molecule has 5 nitrogen and oxygen atoms in total. The number of para-hydroxylation sites is 1. The third-order valence-corrected chi connectivity index (χ3v) is 3.57. The van der Waals surface area contributed by atoms with E-state index in [1.165, 1.54) is 18.3 Å². The van der Waals surface area contributed by atoms with E-state index in [4.69, 9.17) is 0 Å². The molecule has 122 valence electrons. The van der Waals surface area contributed by atoms with Crippen LogP contribution in [0.2, 0.25) is 0 Å². The van der Waals surface area contributed by atoms with Crippen molar-refractivity contribution >= 4 is 17.3 Å². The number of benzene rings is 2. The first-order chi connectivity index (χ1) is 11.5. The fourth-order valence-electron chi connectivity index (χ4n) is 2.28. The number of amides is 1. The lowest BCUT2D eigenvalue weighted by Gasteiger charge is -2.12. The Balaban J connectivity index is 2.18. The van der Waals surface area contributed by atoms with Gasteiger partial charge in [-0.15, -0.1) is 0 Å². The molecular formula is C19H19N3O2. The van der Waals surface area contributed by atoms with Crippen LogP contribution in [-0.2, 0) is 11.2 Å². The Kier molecular flexibility index (Phi) is 5.58. The molecule has 2 aromatic carbocycles. The van der Waals surface area contributed by atoms with E-state index in [2.05, 4.69) is 10.6 Å². The van der Waals surface area contributed by atoms with E-state index in [1.54, 1.807) is 12.1 Å². The third kappa shape index (κ3) is 4.14. The third-order valence-electron chi connectivity index (χ3n) is 3.57. The molecule has 0 bridgehead atoms. The topological polar surface area (TPSA) is 85.2 Å². The summed E-state index contributed by atoms with van der Waals surface area (Å²) >= 11 is 0. The average Bonchev–Trinajstić information content (AvgIpc) is 2.57. The van der Waals surface area contributed by atoms with Crippen molar-refractivity contribution in [3.8, 4) is 11.8 Å². The average molecular weight is 321 g/mol. The highest BCUT2D eigenvalue weighted by Gasteiger charge is 2.13. The van der Waals surface area contributed by atoms with Gasteiger partial charge in [0.25, 0.3) is 5.91 Å². The van der Waals surface area contributed by atoms with Crippen LogP contribution in [0.5, 0.6) is 5.75 Å². The number of nitrogens with zero attached hydrogens (tertiary/aromatic N) is 1. The van der Waals surface area contributed by atoms with Gasteiger partial charge in [-0.2, -0.15) is 5.26 Å². The summed E-state index contributed by atoms with van der Waals surface area (Å²) in [5, 5.41) is 24.3. The van der Waals surface area contributed by atoms with Crippen LogP contribution in [0.15, 0.2) is 54.2 Å². The summed E-state index contributed by atoms with van der Waals surface area (Å²) in [5.41, 5.74) is 3.23. The van der Waals surface area contributed by atoms with Crippen molar-refractivity contribution < 1.29 is 9.90 Å². The van der Waals surface area contributed by atoms with Crippen LogP contribution in [0.4, 0.5) is 11.4 Å². The van der Waals surface area contributed by atoms with Crippen LogP contribution in [0.1, 0.15) is 18.1 Å². The Labute approximate surface area is 141 Å². The summed E-state index contributed by atoms with van der Waals surface area (Å²) in [5.74, 6) is -0.377. The molecule has 0 unspecified atom stereocenters. The van der Waals surface area contributed by atoms with Gasteiger partial charge in [0, 0.05) is 23.6 Å². The van der Waals surface area contributed by atoms with Crippen molar-refractivity contribution in [2.75, 3.05) is 10.6 Å². The van der Waals surface area contributed by atoms with Gasteiger partial charge < -0.3 is 15.7 Å². The van der Waals surface area contributed by atoms with Crippen LogP contribution in [-0.4, -0.2) is 11.0 Å². The highest BCUT2D eigenvalue weighted by Crippen LogP contribution is 2.22. The monoisotopic (exact) mass is 321 g/mol. The largest absolute Gasteiger partial charge is 0.508 e. The minimum Gasteiger partial charge on any atom is -0.508 e. The van der Waals surface area contributed by atoms with E-state index < -0.39 is 5.91 Å². The maximum Gasteiger partial charge on any atom is 0.267 e. The number of carbonyl (C=O) groups excluding carboxylic acids is 1. The van der Waals surface area contributed by atoms with Gasteiger partial charge in [0.05, 0.1) is 0 Å². The first kappa shape index (κ1) is 17.1. The molecule has 5 heteroatoms. The van der Waals surface area contributed by atoms with E-state index >= 15 is 0 Å². The van der Waals surface area contributed by atoms with E-state index in [9.17, 15) is 15.2 Å². The smallest absolute Gasteiger partial charge is 0.267 e. The van der Waals surface area contributed by atoms with Crippen LogP contribution in [0, 0.1) is 18.3 Å². The second-order valence-corrected chi connectivity index (χ2v) is 5.28. The van der Waals surface area contributed by atoms with Gasteiger partial charge in [0.15, 0.2) is 0 Å². The number of aryl methyl sites for hydroxylation is 2. The number of hydrogen-bond acceptors (Lipinski definition) is 4. The van der Waals surface area contributed by atoms with E-state index in [-0.39, 0.29) is 11.3 Å². The fraction of sp³-hybridized carbons (Fsp3) is 0.158. The molecule has 0 aliphatic heterocycles. The summed E-state index contributed by atoms with van der Waals surface area (Å²) < 4.78 is 0. The Hall–Kier alpha value is -3.26. The van der Waals surface area contributed by atoms with Crippen LogP contribution < -0.4 is 10.6 Å². The molecule has 24 heavy (non-hydrogen) atoms. The summed E-state index contributed by atoms with van der Waals surface area (Å²) in [6.45, 7) is 3.92. The molecule has 0 heterocycles. The molecule has 0 fully saturated rings. The first-order valence-corrected chi connectivity index (χ1v) is 7.60. The van der Waals surface area contributed by atoms with Crippen LogP contribution >= 0.6 is 0 Å². The van der Waals surface area contributed by atoms with Crippen LogP contribution in [0.25, 0.3) is 0 Å². The molecule has 0 spiro atoms. The standard InChI is InChI=1S/C19H19N3O2/c1-3-14-7-4-6-13(2)18(14)22-19(24)15(11-20)12-21-16-8-5-9-17(23)10-16/h4-10,12,21,23H,3H2,1-2H3,(H,22,24)/b15-12-. The van der Waals surface area contributed by atoms with E-state index in [0.717, 1.165) is 23.2 Å². The number of rotatable bonds is 5. The molecule has 0 saturated heterocycles. The number of phenolic OH excluding ortho intramolecular Hbond substituents is 1. The van der Waals surface area contributed by atoms with E-state index in [0.29, 0.717) is 5.69 Å². The van der Waals surface area contributed by atoms with Gasteiger partial charge in [-0.1, -0.05) is 31.2 Å². The van der Waals surface area contributed by atoms with Crippen molar-refractivity contribution in [3.63, 3.8) is 0 Å². The molecule has 2 rings (SSSR count). The summed E-state index contributed by atoms with van der Waals surface area (Å²) in [4.78, 5) is 12.4. The van der Waals surface area contributed by atoms with Crippen molar-refractivity contribution in [3.05, 3.63) is 65.4 Å². The van der Waals surface area contributed by atoms with Crippen molar-refractivity contribution in [2.45, 2.75) is 20.3 Å². The zero-order chi connectivity index (χ0) is 17.5. The minimum absolute atomic E-state index is 0.0522. The molecule has 0 aliphatic carbocycles. The molecule has 0 aromatic heterocycles. The van der Waals surface area contributed by atoms with Gasteiger partial charge in [0.1, 0.15) is 17.4 Å². The number of hydrogen-bond donors (Lipinski definition) is 3. The zero-order valence-corrected chi connectivity index (χ0v) is 13.6.